The van der Waals surface area contributed by atoms with Gasteiger partial charge in [0.1, 0.15) is 0 Å². The van der Waals surface area contributed by atoms with Crippen molar-refractivity contribution in [3.8, 4) is 6.07 Å². The number of aliphatic hydroxyl groups is 1. The smallest absolute Gasteiger partial charge is 0.0687 e. The van der Waals surface area contributed by atoms with E-state index in [1.165, 1.54) is 5.56 Å². The summed E-state index contributed by atoms with van der Waals surface area (Å²) in [5.41, 5.74) is 2.10. The highest BCUT2D eigenvalue weighted by Crippen LogP contribution is 2.30. The number of aliphatic hydroxyl groups excluding tert-OH is 1. The van der Waals surface area contributed by atoms with Crippen LogP contribution in [0.4, 0.5) is 0 Å². The van der Waals surface area contributed by atoms with E-state index in [0.717, 1.165) is 38.0 Å². The van der Waals surface area contributed by atoms with E-state index in [1.54, 1.807) is 0 Å². The maximum absolute atomic E-state index is 9.09. The van der Waals surface area contributed by atoms with Crippen molar-refractivity contribution >= 4 is 0 Å². The molecule has 1 aromatic carbocycles. The largest absolute Gasteiger partial charge is 0.392 e. The normalized spacial score (nSPS) is 19.4. The monoisotopic (exact) mass is 244 g/mol. The van der Waals surface area contributed by atoms with Crippen molar-refractivity contribution in [3.05, 3.63) is 35.4 Å². The molecule has 0 radical (unpaired) electrons. The van der Waals surface area contributed by atoms with Crippen molar-refractivity contribution in [2.24, 2.45) is 5.41 Å². The third-order valence-corrected chi connectivity index (χ3v) is 3.84. The molecule has 1 aromatic rings. The minimum Gasteiger partial charge on any atom is -0.392 e. The van der Waals surface area contributed by atoms with E-state index >= 15 is 0 Å². The van der Waals surface area contributed by atoms with Crippen LogP contribution in [0.5, 0.6) is 0 Å². The second-order valence-corrected chi connectivity index (χ2v) is 5.42. The first-order valence-corrected chi connectivity index (χ1v) is 6.47. The summed E-state index contributed by atoms with van der Waals surface area (Å²) in [5, 5.41) is 18.1. The van der Waals surface area contributed by atoms with Crippen LogP contribution in [-0.2, 0) is 13.2 Å². The van der Waals surface area contributed by atoms with Crippen LogP contribution in [0.25, 0.3) is 0 Å². The van der Waals surface area contributed by atoms with Gasteiger partial charge in [0.25, 0.3) is 0 Å². The predicted molar refractivity (Wildman–Crippen MR) is 70.6 cm³/mol. The summed E-state index contributed by atoms with van der Waals surface area (Å²) in [4.78, 5) is 2.40. The number of nitriles is 1. The Morgan fingerprint density at radius 2 is 1.78 bits per heavy atom. The lowest BCUT2D eigenvalue weighted by Gasteiger charge is -2.34. The molecule has 1 N–H and O–H groups in total. The van der Waals surface area contributed by atoms with Gasteiger partial charge in [0.2, 0.25) is 0 Å². The zero-order valence-corrected chi connectivity index (χ0v) is 10.9. The van der Waals surface area contributed by atoms with Crippen LogP contribution in [0.2, 0.25) is 0 Å². The highest BCUT2D eigenvalue weighted by atomic mass is 16.3. The van der Waals surface area contributed by atoms with Gasteiger partial charge in [0.15, 0.2) is 0 Å². The summed E-state index contributed by atoms with van der Waals surface area (Å²) in [7, 11) is 0. The third kappa shape index (κ3) is 3.10. The molecule has 0 bridgehead atoms. The molecule has 0 aliphatic carbocycles. The Kier molecular flexibility index (Phi) is 4.00. The van der Waals surface area contributed by atoms with Gasteiger partial charge >= 0.3 is 0 Å². The van der Waals surface area contributed by atoms with E-state index in [0.29, 0.717) is 0 Å². The number of rotatable bonds is 3. The molecule has 1 aliphatic heterocycles. The molecule has 0 aromatic heterocycles. The van der Waals surface area contributed by atoms with Crippen molar-refractivity contribution in [2.75, 3.05) is 13.1 Å². The van der Waals surface area contributed by atoms with Crippen LogP contribution in [0.1, 0.15) is 30.9 Å². The first-order chi connectivity index (χ1) is 8.65. The van der Waals surface area contributed by atoms with Gasteiger partial charge in [-0.25, -0.2) is 0 Å². The van der Waals surface area contributed by atoms with Crippen LogP contribution in [0, 0.1) is 16.7 Å². The van der Waals surface area contributed by atoms with E-state index in [1.807, 2.05) is 12.1 Å². The first-order valence-electron chi connectivity index (χ1n) is 6.47. The summed E-state index contributed by atoms with van der Waals surface area (Å²) in [5.74, 6) is 0. The van der Waals surface area contributed by atoms with Crippen LogP contribution >= 0.6 is 0 Å². The fourth-order valence-electron chi connectivity index (χ4n) is 2.32. The Morgan fingerprint density at radius 3 is 2.28 bits per heavy atom. The minimum absolute atomic E-state index is 0.102. The molecule has 3 nitrogen and oxygen atoms in total. The molecule has 18 heavy (non-hydrogen) atoms. The minimum atomic E-state index is -0.128. The molecule has 1 saturated heterocycles. The van der Waals surface area contributed by atoms with E-state index < -0.39 is 0 Å². The number of likely N-dealkylation sites (tertiary alicyclic amines) is 1. The van der Waals surface area contributed by atoms with Crippen molar-refractivity contribution in [2.45, 2.75) is 32.9 Å². The predicted octanol–water partition coefficient (Wildman–Crippen LogP) is 2.30. The molecule has 96 valence electrons. The molecule has 0 atom stereocenters. The molecule has 0 spiro atoms. The number of hydrogen-bond donors (Lipinski definition) is 1. The maximum Gasteiger partial charge on any atom is 0.0687 e. The topological polar surface area (TPSA) is 47.3 Å². The Hall–Kier alpha value is -1.37. The van der Waals surface area contributed by atoms with E-state index in [2.05, 4.69) is 30.0 Å². The lowest BCUT2D eigenvalue weighted by atomic mass is 9.82. The van der Waals surface area contributed by atoms with Crippen molar-refractivity contribution < 1.29 is 5.11 Å². The fourth-order valence-corrected chi connectivity index (χ4v) is 2.32. The van der Waals surface area contributed by atoms with E-state index in [9.17, 15) is 0 Å². The van der Waals surface area contributed by atoms with E-state index in [4.69, 9.17) is 10.4 Å². The van der Waals surface area contributed by atoms with Crippen molar-refractivity contribution in [1.29, 1.82) is 5.26 Å². The second kappa shape index (κ2) is 5.51. The quantitative estimate of drug-likeness (QED) is 0.887. The standard InChI is InChI=1S/C15H20N2O/c1-15(12-16)6-8-17(9-7-15)10-13-2-4-14(11-18)5-3-13/h2-5,18H,6-11H2,1H3. The second-order valence-electron chi connectivity index (χ2n) is 5.42. The Bertz CT molecular complexity index is 425. The zero-order valence-electron chi connectivity index (χ0n) is 10.9. The molecule has 1 aliphatic rings. The fraction of sp³-hybridized carbons (Fsp3) is 0.533. The summed E-state index contributed by atoms with van der Waals surface area (Å²) >= 11 is 0. The summed E-state index contributed by atoms with van der Waals surface area (Å²) in [6.07, 6.45) is 1.91. The number of nitrogens with zero attached hydrogens (tertiary/aromatic N) is 2. The summed E-state index contributed by atoms with van der Waals surface area (Å²) < 4.78 is 0. The van der Waals surface area contributed by atoms with Crippen LogP contribution in [0.3, 0.4) is 0 Å². The van der Waals surface area contributed by atoms with Crippen LogP contribution < -0.4 is 0 Å². The Balaban J connectivity index is 1.89. The van der Waals surface area contributed by atoms with Gasteiger partial charge < -0.3 is 5.11 Å². The SMILES string of the molecule is CC1(C#N)CCN(Cc2ccc(CO)cc2)CC1. The third-order valence-electron chi connectivity index (χ3n) is 3.84. The number of piperidine rings is 1. The lowest BCUT2D eigenvalue weighted by molar-refractivity contribution is 0.150. The Morgan fingerprint density at radius 1 is 1.22 bits per heavy atom. The van der Waals surface area contributed by atoms with Crippen molar-refractivity contribution in [1.82, 2.24) is 4.90 Å². The molecule has 3 heteroatoms. The van der Waals surface area contributed by atoms with Gasteiger partial charge in [-0.1, -0.05) is 24.3 Å². The highest BCUT2D eigenvalue weighted by molar-refractivity contribution is 5.22. The van der Waals surface area contributed by atoms with Gasteiger partial charge in [-0.2, -0.15) is 5.26 Å². The molecule has 0 amide bonds. The van der Waals surface area contributed by atoms with Crippen molar-refractivity contribution in [3.63, 3.8) is 0 Å². The average molecular weight is 244 g/mol. The van der Waals surface area contributed by atoms with Crippen LogP contribution in [-0.4, -0.2) is 23.1 Å². The highest BCUT2D eigenvalue weighted by Gasteiger charge is 2.29. The first kappa shape index (κ1) is 13.1. The van der Waals surface area contributed by atoms with Gasteiger partial charge in [0.05, 0.1) is 18.1 Å². The molecule has 0 unspecified atom stereocenters. The van der Waals surface area contributed by atoms with Gasteiger partial charge in [-0.05, 0) is 44.0 Å². The maximum atomic E-state index is 9.09. The molecular weight excluding hydrogens is 224 g/mol. The molecule has 0 saturated carbocycles. The lowest BCUT2D eigenvalue weighted by Crippen LogP contribution is -2.37. The van der Waals surface area contributed by atoms with Gasteiger partial charge in [-0.15, -0.1) is 0 Å². The molecule has 2 rings (SSSR count). The van der Waals surface area contributed by atoms with Gasteiger partial charge in [-0.3, -0.25) is 4.90 Å². The van der Waals surface area contributed by atoms with E-state index in [-0.39, 0.29) is 12.0 Å². The number of hydrogen-bond acceptors (Lipinski definition) is 3. The Labute approximate surface area is 109 Å². The summed E-state index contributed by atoms with van der Waals surface area (Å²) in [6, 6.07) is 10.5. The van der Waals surface area contributed by atoms with Gasteiger partial charge in [0, 0.05) is 6.54 Å². The summed E-state index contributed by atoms with van der Waals surface area (Å²) in [6.45, 7) is 5.08. The average Bonchev–Trinajstić information content (AvgIpc) is 2.42. The zero-order chi connectivity index (χ0) is 13.0. The molecule has 1 heterocycles. The molecule has 1 fully saturated rings. The molecular formula is C15H20N2O. The number of benzene rings is 1. The van der Waals surface area contributed by atoms with Crippen LogP contribution in [0.15, 0.2) is 24.3 Å².